The maximum Gasteiger partial charge on any atom is 0.303 e. The number of methoxy groups -OCH3 is 1. The lowest BCUT2D eigenvalue weighted by molar-refractivity contribution is -0.159. The average molecular weight is 288 g/mol. The van der Waals surface area contributed by atoms with Crippen molar-refractivity contribution in [2.45, 2.75) is 65.6 Å². The summed E-state index contributed by atoms with van der Waals surface area (Å²) < 4.78 is 15.5. The molecule has 0 N–H and O–H groups in total. The molecule has 5 nitrogen and oxygen atoms in total. The molecule has 2 atom stereocenters. The van der Waals surface area contributed by atoms with Gasteiger partial charge in [0.2, 0.25) is 0 Å². The van der Waals surface area contributed by atoms with E-state index >= 15 is 0 Å². The Morgan fingerprint density at radius 1 is 1.15 bits per heavy atom. The van der Waals surface area contributed by atoms with Crippen LogP contribution in [0.25, 0.3) is 0 Å². The molecule has 0 spiro atoms. The highest BCUT2D eigenvalue weighted by atomic mass is 16.6. The van der Waals surface area contributed by atoms with Crippen molar-refractivity contribution in [1.29, 1.82) is 0 Å². The summed E-state index contributed by atoms with van der Waals surface area (Å²) in [7, 11) is 1.70. The van der Waals surface area contributed by atoms with E-state index in [4.69, 9.17) is 14.2 Å². The van der Waals surface area contributed by atoms with Gasteiger partial charge in [0.15, 0.2) is 0 Å². The third-order valence-electron chi connectivity index (χ3n) is 3.39. The molecule has 0 aromatic carbocycles. The van der Waals surface area contributed by atoms with Gasteiger partial charge >= 0.3 is 11.9 Å². The first kappa shape index (κ1) is 18.9. The van der Waals surface area contributed by atoms with E-state index in [2.05, 4.69) is 0 Å². The first-order valence-corrected chi connectivity index (χ1v) is 7.03. The van der Waals surface area contributed by atoms with Gasteiger partial charge in [0.25, 0.3) is 0 Å². The zero-order chi connectivity index (χ0) is 15.8. The Morgan fingerprint density at radius 2 is 1.75 bits per heavy atom. The van der Waals surface area contributed by atoms with E-state index in [-0.39, 0.29) is 36.2 Å². The molecule has 0 rings (SSSR count). The number of esters is 2. The second-order valence-electron chi connectivity index (χ2n) is 5.78. The normalized spacial score (nSPS) is 14.5. The van der Waals surface area contributed by atoms with Crippen LogP contribution < -0.4 is 0 Å². The molecule has 0 aromatic heterocycles. The van der Waals surface area contributed by atoms with Gasteiger partial charge in [0, 0.05) is 21.0 Å². The monoisotopic (exact) mass is 288 g/mol. The average Bonchev–Trinajstić information content (AvgIpc) is 2.33. The van der Waals surface area contributed by atoms with Crippen LogP contribution in [0.15, 0.2) is 0 Å². The van der Waals surface area contributed by atoms with Crippen LogP contribution in [0.5, 0.6) is 0 Å². The Morgan fingerprint density at radius 3 is 2.20 bits per heavy atom. The fraction of sp³-hybridized carbons (Fsp3) is 0.867. The first-order valence-electron chi connectivity index (χ1n) is 7.03. The zero-order valence-electron chi connectivity index (χ0n) is 13.5. The van der Waals surface area contributed by atoms with Crippen molar-refractivity contribution in [2.24, 2.45) is 5.92 Å². The molecule has 118 valence electrons. The summed E-state index contributed by atoms with van der Waals surface area (Å²) in [5.41, 5.74) is -0.146. The molecule has 0 aliphatic heterocycles. The lowest BCUT2D eigenvalue weighted by atomic mass is 9.93. The van der Waals surface area contributed by atoms with E-state index in [0.717, 1.165) is 19.3 Å². The van der Waals surface area contributed by atoms with Gasteiger partial charge in [-0.2, -0.15) is 0 Å². The summed E-state index contributed by atoms with van der Waals surface area (Å²) in [6.45, 7) is 8.90. The molecule has 20 heavy (non-hydrogen) atoms. The van der Waals surface area contributed by atoms with Gasteiger partial charge in [-0.25, -0.2) is 0 Å². The van der Waals surface area contributed by atoms with E-state index in [1.165, 1.54) is 13.8 Å². The predicted octanol–water partition coefficient (Wildman–Crippen LogP) is 2.71. The quantitative estimate of drug-likeness (QED) is 0.610. The van der Waals surface area contributed by atoms with Gasteiger partial charge in [-0.3, -0.25) is 9.59 Å². The molecule has 0 heterocycles. The predicted molar refractivity (Wildman–Crippen MR) is 76.3 cm³/mol. The van der Waals surface area contributed by atoms with Crippen LogP contribution in [-0.2, 0) is 23.8 Å². The lowest BCUT2D eigenvalue weighted by Crippen LogP contribution is -2.30. The highest BCUT2D eigenvalue weighted by Crippen LogP contribution is 2.21. The fourth-order valence-electron chi connectivity index (χ4n) is 1.86. The molecule has 0 radical (unpaired) electrons. The number of hydrogen-bond donors (Lipinski definition) is 0. The second-order valence-corrected chi connectivity index (χ2v) is 5.78. The van der Waals surface area contributed by atoms with Gasteiger partial charge in [0.1, 0.15) is 12.7 Å². The van der Waals surface area contributed by atoms with Crippen molar-refractivity contribution in [2.75, 3.05) is 13.7 Å². The van der Waals surface area contributed by atoms with Gasteiger partial charge in [-0.1, -0.05) is 13.3 Å². The van der Waals surface area contributed by atoms with Crippen LogP contribution in [-0.4, -0.2) is 37.4 Å². The van der Waals surface area contributed by atoms with Crippen molar-refractivity contribution >= 4 is 11.9 Å². The Balaban J connectivity index is 4.28. The number of carbonyl (C=O) groups excluding carboxylic acids is 2. The largest absolute Gasteiger partial charge is 0.462 e. The van der Waals surface area contributed by atoms with Gasteiger partial charge in [0.05, 0.1) is 5.60 Å². The van der Waals surface area contributed by atoms with Gasteiger partial charge < -0.3 is 14.2 Å². The van der Waals surface area contributed by atoms with E-state index in [1.54, 1.807) is 7.11 Å². The topological polar surface area (TPSA) is 61.8 Å². The highest BCUT2D eigenvalue weighted by Gasteiger charge is 2.23. The van der Waals surface area contributed by atoms with E-state index in [9.17, 15) is 9.59 Å². The van der Waals surface area contributed by atoms with Crippen molar-refractivity contribution < 1.29 is 23.8 Å². The van der Waals surface area contributed by atoms with Crippen molar-refractivity contribution in [3.63, 3.8) is 0 Å². The van der Waals surface area contributed by atoms with Crippen LogP contribution in [0.2, 0.25) is 0 Å². The molecule has 0 saturated heterocycles. The summed E-state index contributed by atoms with van der Waals surface area (Å²) in [6, 6.07) is 0. The molecule has 5 heteroatoms. The molecule has 0 bridgehead atoms. The van der Waals surface area contributed by atoms with E-state index in [0.29, 0.717) is 0 Å². The van der Waals surface area contributed by atoms with Crippen LogP contribution in [0.3, 0.4) is 0 Å². The van der Waals surface area contributed by atoms with Crippen LogP contribution >= 0.6 is 0 Å². The molecular formula is C15H28O5. The molecule has 0 saturated carbocycles. The lowest BCUT2D eigenvalue weighted by Gasteiger charge is -2.26. The van der Waals surface area contributed by atoms with Crippen molar-refractivity contribution in [3.05, 3.63) is 0 Å². The SMILES string of the molecule is COC(C)(C)CCC[C@@H](C)C(COC(C)=O)OC(C)=O. The van der Waals surface area contributed by atoms with Gasteiger partial charge in [-0.15, -0.1) is 0 Å². The minimum atomic E-state index is -0.387. The number of ether oxygens (including phenoxy) is 3. The number of carbonyl (C=O) groups is 2. The summed E-state index contributed by atoms with van der Waals surface area (Å²) in [6.07, 6.45) is 2.38. The highest BCUT2D eigenvalue weighted by molar-refractivity contribution is 5.67. The van der Waals surface area contributed by atoms with Crippen molar-refractivity contribution in [1.82, 2.24) is 0 Å². The van der Waals surface area contributed by atoms with Crippen LogP contribution in [0.4, 0.5) is 0 Å². The molecule has 0 amide bonds. The van der Waals surface area contributed by atoms with E-state index < -0.39 is 0 Å². The maximum absolute atomic E-state index is 11.1. The molecule has 0 aliphatic rings. The zero-order valence-corrected chi connectivity index (χ0v) is 13.5. The summed E-state index contributed by atoms with van der Waals surface area (Å²) in [5.74, 6) is -0.591. The third kappa shape index (κ3) is 8.91. The van der Waals surface area contributed by atoms with E-state index in [1.807, 2.05) is 20.8 Å². The Kier molecular flexibility index (Phi) is 8.46. The standard InChI is InChI=1S/C15H28O5/c1-11(8-7-9-15(4,5)18-6)14(20-13(3)17)10-19-12(2)16/h11,14H,7-10H2,1-6H3/t11-,14?/m1/s1. The maximum atomic E-state index is 11.1. The first-order chi connectivity index (χ1) is 9.18. The smallest absolute Gasteiger partial charge is 0.303 e. The number of rotatable bonds is 9. The number of hydrogen-bond acceptors (Lipinski definition) is 5. The Labute approximate surface area is 122 Å². The molecule has 1 unspecified atom stereocenters. The minimum absolute atomic E-state index is 0.115. The van der Waals surface area contributed by atoms with Crippen molar-refractivity contribution in [3.8, 4) is 0 Å². The fourth-order valence-corrected chi connectivity index (χ4v) is 1.86. The van der Waals surface area contributed by atoms with Crippen LogP contribution in [0.1, 0.15) is 53.9 Å². The minimum Gasteiger partial charge on any atom is -0.462 e. The molecule has 0 fully saturated rings. The summed E-state index contributed by atoms with van der Waals surface area (Å²) in [4.78, 5) is 22.0. The Bertz CT molecular complexity index is 311. The summed E-state index contributed by atoms with van der Waals surface area (Å²) >= 11 is 0. The summed E-state index contributed by atoms with van der Waals surface area (Å²) in [5, 5.41) is 0. The molecule has 0 aromatic rings. The molecule has 0 aliphatic carbocycles. The van der Waals surface area contributed by atoms with Crippen LogP contribution in [0, 0.1) is 5.92 Å². The second kappa shape index (κ2) is 8.95. The Hall–Kier alpha value is -1.10. The van der Waals surface area contributed by atoms with Gasteiger partial charge in [-0.05, 0) is 32.6 Å². The third-order valence-corrected chi connectivity index (χ3v) is 3.39. The molecular weight excluding hydrogens is 260 g/mol.